The van der Waals surface area contributed by atoms with Gasteiger partial charge in [-0.05, 0) is 46.1 Å². The van der Waals surface area contributed by atoms with Crippen molar-refractivity contribution in [1.29, 1.82) is 0 Å². The molecule has 0 aliphatic heterocycles. The zero-order valence-corrected chi connectivity index (χ0v) is 11.9. The third-order valence-corrected chi connectivity index (χ3v) is 3.35. The van der Waals surface area contributed by atoms with Crippen molar-refractivity contribution in [1.82, 2.24) is 9.97 Å². The topological polar surface area (TPSA) is 64.3 Å². The van der Waals surface area contributed by atoms with Crippen LogP contribution in [0.2, 0.25) is 0 Å². The predicted molar refractivity (Wildman–Crippen MR) is 76.5 cm³/mol. The Bertz CT molecular complexity index is 393. The molecule has 19 heavy (non-hydrogen) atoms. The zero-order valence-electron chi connectivity index (χ0n) is 11.9. The van der Waals surface area contributed by atoms with Crippen LogP contribution in [0.5, 0.6) is 5.88 Å². The van der Waals surface area contributed by atoms with Crippen LogP contribution in [0.25, 0.3) is 0 Å². The molecule has 1 heterocycles. The molecular formula is C14H24N4O. The van der Waals surface area contributed by atoms with Gasteiger partial charge in [-0.15, -0.1) is 0 Å². The van der Waals surface area contributed by atoms with Gasteiger partial charge in [0.2, 0.25) is 11.8 Å². The van der Waals surface area contributed by atoms with Crippen LogP contribution in [-0.4, -0.2) is 35.2 Å². The van der Waals surface area contributed by atoms with E-state index in [2.05, 4.69) is 14.9 Å². The highest BCUT2D eigenvalue weighted by atomic mass is 16.5. The number of anilines is 1. The van der Waals surface area contributed by atoms with Gasteiger partial charge in [0, 0.05) is 24.8 Å². The fourth-order valence-electron chi connectivity index (χ4n) is 2.18. The molecule has 0 spiro atoms. The summed E-state index contributed by atoms with van der Waals surface area (Å²) in [6, 6.07) is 2.38. The number of nitrogens with zero attached hydrogens (tertiary/aromatic N) is 3. The van der Waals surface area contributed by atoms with Gasteiger partial charge in [0.25, 0.3) is 0 Å². The van der Waals surface area contributed by atoms with E-state index in [0.29, 0.717) is 18.5 Å². The highest BCUT2D eigenvalue weighted by Gasteiger charge is 2.26. The highest BCUT2D eigenvalue weighted by Crippen LogP contribution is 2.28. The number of rotatable bonds is 7. The van der Waals surface area contributed by atoms with E-state index in [1.165, 1.54) is 19.3 Å². The number of ether oxygens (including phenoxy) is 1. The van der Waals surface area contributed by atoms with Crippen LogP contribution < -0.4 is 15.4 Å². The zero-order chi connectivity index (χ0) is 13.7. The summed E-state index contributed by atoms with van der Waals surface area (Å²) in [5.41, 5.74) is 5.62. The van der Waals surface area contributed by atoms with Gasteiger partial charge in [-0.25, -0.2) is 4.98 Å². The van der Waals surface area contributed by atoms with E-state index >= 15 is 0 Å². The Morgan fingerprint density at radius 1 is 1.47 bits per heavy atom. The average Bonchev–Trinajstić information content (AvgIpc) is 2.31. The molecule has 0 unspecified atom stereocenters. The first-order valence-corrected chi connectivity index (χ1v) is 7.17. The minimum absolute atomic E-state index is 0.129. The molecule has 1 fully saturated rings. The summed E-state index contributed by atoms with van der Waals surface area (Å²) < 4.78 is 5.64. The Hall–Kier alpha value is -1.36. The average molecular weight is 264 g/mol. The first-order chi connectivity index (χ1) is 9.20. The Labute approximate surface area is 115 Å². The van der Waals surface area contributed by atoms with Gasteiger partial charge in [0.1, 0.15) is 0 Å². The lowest BCUT2D eigenvalue weighted by Crippen LogP contribution is -2.42. The van der Waals surface area contributed by atoms with Crippen LogP contribution >= 0.6 is 0 Å². The molecule has 1 saturated carbocycles. The van der Waals surface area contributed by atoms with Crippen LogP contribution in [0.4, 0.5) is 5.95 Å². The molecule has 1 aromatic rings. The summed E-state index contributed by atoms with van der Waals surface area (Å²) >= 11 is 0. The minimum Gasteiger partial charge on any atom is -0.475 e. The molecule has 1 aliphatic rings. The lowest BCUT2D eigenvalue weighted by molar-refractivity contribution is 0.232. The van der Waals surface area contributed by atoms with Gasteiger partial charge >= 0.3 is 0 Å². The molecule has 0 atom stereocenters. The second kappa shape index (κ2) is 6.70. The van der Waals surface area contributed by atoms with Crippen LogP contribution in [0, 0.1) is 0 Å². The predicted octanol–water partition coefficient (Wildman–Crippen LogP) is 1.97. The lowest BCUT2D eigenvalue weighted by atomic mass is 9.91. The van der Waals surface area contributed by atoms with Gasteiger partial charge in [-0.2, -0.15) is 4.98 Å². The van der Waals surface area contributed by atoms with Gasteiger partial charge in [-0.3, -0.25) is 0 Å². The standard InChI is InChI=1S/C14H24N4O/c1-11(2)19-13-7-9-16-14(17-13)18(10-4-8-15)12-5-3-6-12/h7,9,11-12H,3-6,8,10,15H2,1-2H3. The number of hydrogen-bond acceptors (Lipinski definition) is 5. The maximum Gasteiger partial charge on any atom is 0.228 e. The third-order valence-electron chi connectivity index (χ3n) is 3.35. The largest absolute Gasteiger partial charge is 0.475 e. The van der Waals surface area contributed by atoms with E-state index in [4.69, 9.17) is 10.5 Å². The molecule has 0 aromatic carbocycles. The molecule has 5 heteroatoms. The van der Waals surface area contributed by atoms with Crippen molar-refractivity contribution in [3.8, 4) is 5.88 Å². The molecule has 0 bridgehead atoms. The summed E-state index contributed by atoms with van der Waals surface area (Å²) in [4.78, 5) is 11.2. The number of aromatic nitrogens is 2. The first-order valence-electron chi connectivity index (χ1n) is 7.17. The van der Waals surface area contributed by atoms with Crippen LogP contribution in [-0.2, 0) is 0 Å². The van der Waals surface area contributed by atoms with Crippen molar-refractivity contribution in [3.05, 3.63) is 12.3 Å². The molecule has 1 aromatic heterocycles. The smallest absolute Gasteiger partial charge is 0.228 e. The van der Waals surface area contributed by atoms with Crippen molar-refractivity contribution < 1.29 is 4.74 Å². The first kappa shape index (κ1) is 14.1. The summed E-state index contributed by atoms with van der Waals surface area (Å²) in [5, 5.41) is 0. The van der Waals surface area contributed by atoms with Gasteiger partial charge < -0.3 is 15.4 Å². The van der Waals surface area contributed by atoms with Crippen molar-refractivity contribution >= 4 is 5.95 Å². The molecular weight excluding hydrogens is 240 g/mol. The molecule has 1 aliphatic carbocycles. The Balaban J connectivity index is 2.10. The maximum absolute atomic E-state index is 5.64. The van der Waals surface area contributed by atoms with E-state index in [-0.39, 0.29) is 6.10 Å². The Morgan fingerprint density at radius 2 is 2.26 bits per heavy atom. The summed E-state index contributed by atoms with van der Waals surface area (Å²) in [5.74, 6) is 1.42. The van der Waals surface area contributed by atoms with E-state index in [0.717, 1.165) is 18.9 Å². The van der Waals surface area contributed by atoms with Crippen LogP contribution in [0.3, 0.4) is 0 Å². The monoisotopic (exact) mass is 264 g/mol. The Morgan fingerprint density at radius 3 is 2.84 bits per heavy atom. The molecule has 2 N–H and O–H groups in total. The molecule has 5 nitrogen and oxygen atoms in total. The second-order valence-corrected chi connectivity index (χ2v) is 5.28. The number of hydrogen-bond donors (Lipinski definition) is 1. The highest BCUT2D eigenvalue weighted by molar-refractivity contribution is 5.34. The van der Waals surface area contributed by atoms with E-state index in [9.17, 15) is 0 Å². The molecule has 0 saturated heterocycles. The number of nitrogens with two attached hydrogens (primary N) is 1. The second-order valence-electron chi connectivity index (χ2n) is 5.28. The molecule has 0 amide bonds. The fourth-order valence-corrected chi connectivity index (χ4v) is 2.18. The summed E-state index contributed by atoms with van der Waals surface area (Å²) in [7, 11) is 0. The van der Waals surface area contributed by atoms with E-state index < -0.39 is 0 Å². The quantitative estimate of drug-likeness (QED) is 0.815. The van der Waals surface area contributed by atoms with Crippen LogP contribution in [0.1, 0.15) is 39.5 Å². The van der Waals surface area contributed by atoms with Crippen molar-refractivity contribution in [2.75, 3.05) is 18.0 Å². The van der Waals surface area contributed by atoms with Gasteiger partial charge in [0.15, 0.2) is 0 Å². The van der Waals surface area contributed by atoms with E-state index in [1.807, 2.05) is 19.9 Å². The summed E-state index contributed by atoms with van der Waals surface area (Å²) in [6.07, 6.45) is 6.62. The summed E-state index contributed by atoms with van der Waals surface area (Å²) in [6.45, 7) is 5.62. The minimum atomic E-state index is 0.129. The van der Waals surface area contributed by atoms with E-state index in [1.54, 1.807) is 6.20 Å². The SMILES string of the molecule is CC(C)Oc1ccnc(N(CCCN)C2CCC2)n1. The molecule has 0 radical (unpaired) electrons. The van der Waals surface area contributed by atoms with Crippen molar-refractivity contribution in [2.24, 2.45) is 5.73 Å². The lowest BCUT2D eigenvalue weighted by Gasteiger charge is -2.37. The molecule has 2 rings (SSSR count). The fraction of sp³-hybridized carbons (Fsp3) is 0.714. The molecule has 106 valence electrons. The van der Waals surface area contributed by atoms with Gasteiger partial charge in [0.05, 0.1) is 6.10 Å². The third kappa shape index (κ3) is 3.80. The normalized spacial score (nSPS) is 15.4. The van der Waals surface area contributed by atoms with Crippen LogP contribution in [0.15, 0.2) is 12.3 Å². The Kier molecular flexibility index (Phi) is 4.96. The van der Waals surface area contributed by atoms with Crippen molar-refractivity contribution in [3.63, 3.8) is 0 Å². The maximum atomic E-state index is 5.64. The van der Waals surface area contributed by atoms with Crippen molar-refractivity contribution in [2.45, 2.75) is 51.7 Å². The van der Waals surface area contributed by atoms with Gasteiger partial charge in [-0.1, -0.05) is 0 Å².